The minimum Gasteiger partial charge on any atom is -0.478 e. The number of carbonyl (C=O) groups is 1. The third-order valence-electron chi connectivity index (χ3n) is 1.79. The molecule has 0 unspecified atom stereocenters. The molecule has 4 nitrogen and oxygen atoms in total. The van der Waals surface area contributed by atoms with Gasteiger partial charge in [-0.2, -0.15) is 13.2 Å². The highest BCUT2D eigenvalue weighted by Crippen LogP contribution is 2.30. The molecule has 0 aliphatic carbocycles. The molecular formula is C9H9F3N2O2. The molecule has 0 aliphatic heterocycles. The van der Waals surface area contributed by atoms with Gasteiger partial charge in [0, 0.05) is 12.7 Å². The van der Waals surface area contributed by atoms with Crippen LogP contribution in [0.15, 0.2) is 12.3 Å². The Kier molecular flexibility index (Phi) is 3.36. The smallest absolute Gasteiger partial charge is 0.417 e. The Morgan fingerprint density at radius 3 is 2.62 bits per heavy atom. The molecule has 0 atom stereocenters. The van der Waals surface area contributed by atoms with Crippen LogP contribution in [0, 0.1) is 0 Å². The highest BCUT2D eigenvalue weighted by molar-refractivity contribution is 5.93. The van der Waals surface area contributed by atoms with E-state index in [1.807, 2.05) is 0 Å². The lowest BCUT2D eigenvalue weighted by atomic mass is 10.2. The average molecular weight is 234 g/mol. The summed E-state index contributed by atoms with van der Waals surface area (Å²) in [6.45, 7) is 2.06. The third kappa shape index (κ3) is 2.62. The molecule has 0 saturated carbocycles. The van der Waals surface area contributed by atoms with E-state index < -0.39 is 23.3 Å². The molecule has 0 bridgehead atoms. The van der Waals surface area contributed by atoms with Crippen LogP contribution < -0.4 is 5.32 Å². The van der Waals surface area contributed by atoms with Gasteiger partial charge in [0.05, 0.1) is 5.56 Å². The van der Waals surface area contributed by atoms with Gasteiger partial charge in [-0.25, -0.2) is 9.78 Å². The van der Waals surface area contributed by atoms with Crippen LogP contribution in [0.1, 0.15) is 22.8 Å². The lowest BCUT2D eigenvalue weighted by Gasteiger charge is -2.10. The maximum Gasteiger partial charge on any atom is 0.417 e. The van der Waals surface area contributed by atoms with Gasteiger partial charge in [0.25, 0.3) is 0 Å². The van der Waals surface area contributed by atoms with Crippen LogP contribution in [0.2, 0.25) is 0 Å². The van der Waals surface area contributed by atoms with Gasteiger partial charge in [-0.15, -0.1) is 0 Å². The molecule has 0 radical (unpaired) electrons. The normalized spacial score (nSPS) is 11.2. The van der Waals surface area contributed by atoms with Crippen molar-refractivity contribution in [3.8, 4) is 0 Å². The summed E-state index contributed by atoms with van der Waals surface area (Å²) in [4.78, 5) is 14.2. The van der Waals surface area contributed by atoms with Gasteiger partial charge in [0.1, 0.15) is 11.4 Å². The van der Waals surface area contributed by atoms with Gasteiger partial charge in [-0.3, -0.25) is 0 Å². The number of hydrogen-bond donors (Lipinski definition) is 2. The van der Waals surface area contributed by atoms with Crippen LogP contribution in [-0.2, 0) is 6.18 Å². The van der Waals surface area contributed by atoms with E-state index in [0.29, 0.717) is 18.8 Å². The number of halogens is 3. The lowest BCUT2D eigenvalue weighted by Crippen LogP contribution is -2.12. The van der Waals surface area contributed by atoms with Crippen LogP contribution in [0.4, 0.5) is 19.0 Å². The minimum atomic E-state index is -4.60. The predicted octanol–water partition coefficient (Wildman–Crippen LogP) is 2.23. The highest BCUT2D eigenvalue weighted by Gasteiger charge is 2.32. The van der Waals surface area contributed by atoms with Crippen molar-refractivity contribution in [2.75, 3.05) is 11.9 Å². The first-order valence-corrected chi connectivity index (χ1v) is 4.40. The second-order valence-corrected chi connectivity index (χ2v) is 2.95. The molecule has 0 amide bonds. The molecule has 0 aliphatic rings. The molecule has 2 N–H and O–H groups in total. The summed E-state index contributed by atoms with van der Waals surface area (Å²) in [5, 5.41) is 11.3. The maximum absolute atomic E-state index is 12.3. The van der Waals surface area contributed by atoms with E-state index in [0.717, 1.165) is 0 Å². The minimum absolute atomic E-state index is 0.0667. The number of aromatic carboxylic acids is 1. The molecule has 1 aromatic rings. The molecule has 0 saturated heterocycles. The van der Waals surface area contributed by atoms with Gasteiger partial charge in [0.15, 0.2) is 0 Å². The fourth-order valence-electron chi connectivity index (χ4n) is 1.09. The molecule has 1 aromatic heterocycles. The Morgan fingerprint density at radius 2 is 2.19 bits per heavy atom. The topological polar surface area (TPSA) is 62.2 Å². The fraction of sp³-hybridized carbons (Fsp3) is 0.333. The Hall–Kier alpha value is -1.79. The Balaban J connectivity index is 3.23. The summed E-state index contributed by atoms with van der Waals surface area (Å²) in [5.41, 5.74) is -1.57. The first kappa shape index (κ1) is 12.3. The van der Waals surface area contributed by atoms with Crippen LogP contribution >= 0.6 is 0 Å². The average Bonchev–Trinajstić information content (AvgIpc) is 2.16. The standard InChI is InChI=1S/C9H9F3N2O2/c1-2-13-7-6(8(15)16)3-5(4-14-7)9(10,11)12/h3-4H,2H2,1H3,(H,13,14)(H,15,16). The molecule has 0 aromatic carbocycles. The molecule has 1 rings (SSSR count). The number of pyridine rings is 1. The monoisotopic (exact) mass is 234 g/mol. The molecular weight excluding hydrogens is 225 g/mol. The van der Waals surface area contributed by atoms with Crippen LogP contribution in [0.5, 0.6) is 0 Å². The quantitative estimate of drug-likeness (QED) is 0.841. The summed E-state index contributed by atoms with van der Waals surface area (Å²) in [6, 6.07) is 0.563. The van der Waals surface area contributed by atoms with Crippen molar-refractivity contribution in [2.45, 2.75) is 13.1 Å². The lowest BCUT2D eigenvalue weighted by molar-refractivity contribution is -0.137. The van der Waals surface area contributed by atoms with Gasteiger partial charge in [-0.1, -0.05) is 0 Å². The van der Waals surface area contributed by atoms with E-state index in [-0.39, 0.29) is 5.82 Å². The number of aromatic nitrogens is 1. The van der Waals surface area contributed by atoms with Crippen LogP contribution in [0.25, 0.3) is 0 Å². The number of anilines is 1. The molecule has 0 fully saturated rings. The third-order valence-corrected chi connectivity index (χ3v) is 1.79. The zero-order valence-electron chi connectivity index (χ0n) is 8.30. The number of nitrogens with zero attached hydrogens (tertiary/aromatic N) is 1. The number of carboxylic acid groups (broad SMARTS) is 1. The number of nitrogens with one attached hydrogen (secondary N) is 1. The molecule has 7 heteroatoms. The van der Waals surface area contributed by atoms with Gasteiger partial charge >= 0.3 is 12.1 Å². The predicted molar refractivity (Wildman–Crippen MR) is 50.4 cm³/mol. The molecule has 16 heavy (non-hydrogen) atoms. The number of hydrogen-bond acceptors (Lipinski definition) is 3. The van der Waals surface area contributed by atoms with E-state index in [2.05, 4.69) is 10.3 Å². The summed E-state index contributed by atoms with van der Waals surface area (Å²) in [7, 11) is 0. The van der Waals surface area contributed by atoms with E-state index in [9.17, 15) is 18.0 Å². The Morgan fingerprint density at radius 1 is 1.56 bits per heavy atom. The van der Waals surface area contributed by atoms with Crippen molar-refractivity contribution in [3.05, 3.63) is 23.4 Å². The van der Waals surface area contributed by atoms with Gasteiger partial charge < -0.3 is 10.4 Å². The number of rotatable bonds is 3. The Bertz CT molecular complexity index is 404. The largest absolute Gasteiger partial charge is 0.478 e. The zero-order chi connectivity index (χ0) is 12.3. The molecule has 0 spiro atoms. The van der Waals surface area contributed by atoms with Crippen molar-refractivity contribution in [1.82, 2.24) is 4.98 Å². The summed E-state index contributed by atoms with van der Waals surface area (Å²) < 4.78 is 36.9. The van der Waals surface area contributed by atoms with Crippen molar-refractivity contribution in [2.24, 2.45) is 0 Å². The van der Waals surface area contributed by atoms with Crippen LogP contribution in [0.3, 0.4) is 0 Å². The highest BCUT2D eigenvalue weighted by atomic mass is 19.4. The first-order valence-electron chi connectivity index (χ1n) is 4.40. The summed E-state index contributed by atoms with van der Waals surface area (Å²) in [6.07, 6.45) is -3.99. The van der Waals surface area contributed by atoms with E-state index in [1.165, 1.54) is 0 Å². The SMILES string of the molecule is CCNc1ncc(C(F)(F)F)cc1C(=O)O. The second-order valence-electron chi connectivity index (χ2n) is 2.95. The van der Waals surface area contributed by atoms with E-state index >= 15 is 0 Å². The van der Waals surface area contributed by atoms with Crippen LogP contribution in [-0.4, -0.2) is 22.6 Å². The van der Waals surface area contributed by atoms with Crippen molar-refractivity contribution < 1.29 is 23.1 Å². The van der Waals surface area contributed by atoms with Crippen molar-refractivity contribution >= 4 is 11.8 Å². The molecule has 1 heterocycles. The van der Waals surface area contributed by atoms with Gasteiger partial charge in [-0.05, 0) is 13.0 Å². The maximum atomic E-state index is 12.3. The van der Waals surface area contributed by atoms with E-state index in [4.69, 9.17) is 5.11 Å². The first-order chi connectivity index (χ1) is 7.36. The van der Waals surface area contributed by atoms with Crippen molar-refractivity contribution in [3.63, 3.8) is 0 Å². The number of alkyl halides is 3. The summed E-state index contributed by atoms with van der Waals surface area (Å²) >= 11 is 0. The van der Waals surface area contributed by atoms with E-state index in [1.54, 1.807) is 6.92 Å². The Labute approximate surface area is 89.1 Å². The van der Waals surface area contributed by atoms with Crippen molar-refractivity contribution in [1.29, 1.82) is 0 Å². The number of carboxylic acids is 1. The zero-order valence-corrected chi connectivity index (χ0v) is 8.30. The van der Waals surface area contributed by atoms with Gasteiger partial charge in [0.2, 0.25) is 0 Å². The fourth-order valence-corrected chi connectivity index (χ4v) is 1.09. The summed E-state index contributed by atoms with van der Waals surface area (Å²) in [5.74, 6) is -1.52. The second kappa shape index (κ2) is 4.38. The molecule has 88 valence electrons.